The molecule has 0 bridgehead atoms. The van der Waals surface area contributed by atoms with Crippen LogP contribution in [0, 0.1) is 0 Å². The molecule has 0 spiro atoms. The third-order valence-corrected chi connectivity index (χ3v) is 2.57. The average Bonchev–Trinajstić information content (AvgIpc) is 2.23. The number of carbonyl (C=O) groups excluding carboxylic acids is 1. The highest BCUT2D eigenvalue weighted by Crippen LogP contribution is 2.24. The van der Waals surface area contributed by atoms with Gasteiger partial charge < -0.3 is 14.2 Å². The molecule has 0 aromatic heterocycles. The monoisotopic (exact) mass is 242 g/mol. The van der Waals surface area contributed by atoms with Crippen molar-refractivity contribution in [2.75, 3.05) is 20.3 Å². The fourth-order valence-electron chi connectivity index (χ4n) is 1.32. The quantitative estimate of drug-likeness (QED) is 0.760. The molecule has 1 aliphatic heterocycles. The van der Waals surface area contributed by atoms with Crippen molar-refractivity contribution in [3.05, 3.63) is 28.8 Å². The summed E-state index contributed by atoms with van der Waals surface area (Å²) in [7, 11) is 1.31. The van der Waals surface area contributed by atoms with E-state index in [1.165, 1.54) is 7.11 Å². The lowest BCUT2D eigenvalue weighted by Gasteiger charge is -2.26. The van der Waals surface area contributed by atoms with Crippen molar-refractivity contribution in [3.63, 3.8) is 0 Å². The van der Waals surface area contributed by atoms with Gasteiger partial charge in [-0.05, 0) is 18.2 Å². The molecule has 2 rings (SSSR count). The number of esters is 1. The predicted molar refractivity (Wildman–Crippen MR) is 58.0 cm³/mol. The Bertz CT molecular complexity index is 401. The van der Waals surface area contributed by atoms with Crippen molar-refractivity contribution in [1.29, 1.82) is 0 Å². The maximum absolute atomic E-state index is 11.3. The molecule has 1 aromatic rings. The lowest BCUT2D eigenvalue weighted by atomic mass is 10.2. The van der Waals surface area contributed by atoms with Gasteiger partial charge in [-0.3, -0.25) is 0 Å². The molecule has 1 fully saturated rings. The summed E-state index contributed by atoms with van der Waals surface area (Å²) in [5.41, 5.74) is 0.335. The van der Waals surface area contributed by atoms with E-state index in [2.05, 4.69) is 4.74 Å². The highest BCUT2D eigenvalue weighted by Gasteiger charge is 2.20. The normalized spacial score (nSPS) is 15.4. The summed E-state index contributed by atoms with van der Waals surface area (Å²) in [6, 6.07) is 4.88. The first-order valence-corrected chi connectivity index (χ1v) is 5.21. The van der Waals surface area contributed by atoms with Crippen LogP contribution in [0.3, 0.4) is 0 Å². The second-order valence-electron chi connectivity index (χ2n) is 3.41. The predicted octanol–water partition coefficient (Wildman–Crippen LogP) is 1.90. The van der Waals surface area contributed by atoms with E-state index in [4.69, 9.17) is 21.1 Å². The number of rotatable bonds is 3. The van der Waals surface area contributed by atoms with Gasteiger partial charge in [0.2, 0.25) is 0 Å². The highest BCUT2D eigenvalue weighted by molar-refractivity contribution is 6.33. The van der Waals surface area contributed by atoms with Crippen molar-refractivity contribution in [1.82, 2.24) is 0 Å². The molecule has 86 valence electrons. The Balaban J connectivity index is 2.11. The zero-order valence-corrected chi connectivity index (χ0v) is 9.49. The van der Waals surface area contributed by atoms with Crippen molar-refractivity contribution in [2.45, 2.75) is 6.10 Å². The number of ether oxygens (including phenoxy) is 3. The molecular weight excluding hydrogens is 232 g/mol. The number of hydrogen-bond donors (Lipinski definition) is 0. The Morgan fingerprint density at radius 2 is 2.25 bits per heavy atom. The minimum Gasteiger partial charge on any atom is -0.486 e. The summed E-state index contributed by atoms with van der Waals surface area (Å²) in [6.07, 6.45) is 0.0834. The Labute approximate surface area is 98.1 Å². The minimum atomic E-state index is -0.455. The van der Waals surface area contributed by atoms with Gasteiger partial charge in [0.1, 0.15) is 11.9 Å². The van der Waals surface area contributed by atoms with Crippen LogP contribution < -0.4 is 4.74 Å². The van der Waals surface area contributed by atoms with Crippen LogP contribution >= 0.6 is 11.6 Å². The van der Waals surface area contributed by atoms with Crippen LogP contribution in [-0.2, 0) is 9.47 Å². The van der Waals surface area contributed by atoms with Gasteiger partial charge in [0.05, 0.1) is 30.9 Å². The molecule has 1 aromatic carbocycles. The summed E-state index contributed by atoms with van der Waals surface area (Å²) in [5.74, 6) is 0.175. The van der Waals surface area contributed by atoms with Crippen LogP contribution in [0.4, 0.5) is 0 Å². The molecule has 0 amide bonds. The van der Waals surface area contributed by atoms with Crippen LogP contribution in [0.2, 0.25) is 5.02 Å². The summed E-state index contributed by atoms with van der Waals surface area (Å²) in [5, 5.41) is 0.324. The molecular formula is C11H11ClO4. The molecule has 0 unspecified atom stereocenters. The van der Waals surface area contributed by atoms with Gasteiger partial charge in [-0.15, -0.1) is 0 Å². The van der Waals surface area contributed by atoms with E-state index >= 15 is 0 Å². The van der Waals surface area contributed by atoms with Crippen molar-refractivity contribution in [3.8, 4) is 5.75 Å². The van der Waals surface area contributed by atoms with E-state index in [1.54, 1.807) is 18.2 Å². The summed E-state index contributed by atoms with van der Waals surface area (Å²) >= 11 is 5.94. The molecule has 5 heteroatoms. The molecule has 0 atom stereocenters. The van der Waals surface area contributed by atoms with Gasteiger partial charge in [-0.2, -0.15) is 0 Å². The van der Waals surface area contributed by atoms with Gasteiger partial charge in [0, 0.05) is 0 Å². The summed E-state index contributed by atoms with van der Waals surface area (Å²) in [6.45, 7) is 1.19. The van der Waals surface area contributed by atoms with Crippen LogP contribution in [0.25, 0.3) is 0 Å². The van der Waals surface area contributed by atoms with Crippen LogP contribution in [-0.4, -0.2) is 32.4 Å². The molecule has 0 saturated carbocycles. The van der Waals surface area contributed by atoms with E-state index in [9.17, 15) is 4.79 Å². The smallest absolute Gasteiger partial charge is 0.339 e. The number of hydrogen-bond acceptors (Lipinski definition) is 4. The first-order valence-electron chi connectivity index (χ1n) is 4.83. The van der Waals surface area contributed by atoms with Crippen molar-refractivity contribution < 1.29 is 19.0 Å². The lowest BCUT2D eigenvalue weighted by Crippen LogP contribution is -2.38. The number of halogens is 1. The second kappa shape index (κ2) is 4.72. The zero-order chi connectivity index (χ0) is 11.5. The Kier molecular flexibility index (Phi) is 3.31. The zero-order valence-electron chi connectivity index (χ0n) is 8.73. The Morgan fingerprint density at radius 1 is 1.50 bits per heavy atom. The fourth-order valence-corrected chi connectivity index (χ4v) is 1.57. The maximum atomic E-state index is 11.3. The average molecular weight is 243 g/mol. The van der Waals surface area contributed by atoms with Gasteiger partial charge in [0.15, 0.2) is 0 Å². The molecule has 1 saturated heterocycles. The van der Waals surface area contributed by atoms with Crippen LogP contribution in [0.15, 0.2) is 18.2 Å². The first kappa shape index (κ1) is 11.2. The third-order valence-electron chi connectivity index (χ3n) is 2.26. The van der Waals surface area contributed by atoms with Gasteiger partial charge in [-0.25, -0.2) is 4.79 Å². The minimum absolute atomic E-state index is 0.0834. The number of carbonyl (C=O) groups is 1. The standard InChI is InChI=1S/C11H11ClO4/c1-14-11(13)9-3-2-7(4-10(9)12)16-8-5-15-6-8/h2-4,8H,5-6H2,1H3. The molecule has 1 aliphatic rings. The van der Waals surface area contributed by atoms with E-state index < -0.39 is 5.97 Å². The number of benzene rings is 1. The summed E-state index contributed by atoms with van der Waals surface area (Å²) < 4.78 is 15.1. The highest BCUT2D eigenvalue weighted by atomic mass is 35.5. The molecule has 1 heterocycles. The Morgan fingerprint density at radius 3 is 2.75 bits per heavy atom. The molecule has 0 radical (unpaired) electrons. The van der Waals surface area contributed by atoms with Gasteiger partial charge in [0.25, 0.3) is 0 Å². The third kappa shape index (κ3) is 2.28. The van der Waals surface area contributed by atoms with E-state index in [0.717, 1.165) is 0 Å². The topological polar surface area (TPSA) is 44.8 Å². The van der Waals surface area contributed by atoms with E-state index in [-0.39, 0.29) is 6.10 Å². The second-order valence-corrected chi connectivity index (χ2v) is 3.82. The molecule has 0 N–H and O–H groups in total. The molecule has 4 nitrogen and oxygen atoms in total. The summed E-state index contributed by atoms with van der Waals surface area (Å²) in [4.78, 5) is 11.3. The fraction of sp³-hybridized carbons (Fsp3) is 0.364. The molecule has 0 aliphatic carbocycles. The first-order chi connectivity index (χ1) is 7.70. The van der Waals surface area contributed by atoms with E-state index in [0.29, 0.717) is 29.5 Å². The Hall–Kier alpha value is -1.26. The SMILES string of the molecule is COC(=O)c1ccc(OC2COC2)cc1Cl. The van der Waals surface area contributed by atoms with Crippen molar-refractivity contribution >= 4 is 17.6 Å². The van der Waals surface area contributed by atoms with Crippen molar-refractivity contribution in [2.24, 2.45) is 0 Å². The van der Waals surface area contributed by atoms with E-state index in [1.807, 2.05) is 0 Å². The van der Waals surface area contributed by atoms with Crippen LogP contribution in [0.1, 0.15) is 10.4 Å². The maximum Gasteiger partial charge on any atom is 0.339 e. The largest absolute Gasteiger partial charge is 0.486 e. The van der Waals surface area contributed by atoms with Gasteiger partial charge in [-0.1, -0.05) is 11.6 Å². The number of methoxy groups -OCH3 is 1. The lowest BCUT2D eigenvalue weighted by molar-refractivity contribution is -0.0796. The van der Waals surface area contributed by atoms with Crippen LogP contribution in [0.5, 0.6) is 5.75 Å². The van der Waals surface area contributed by atoms with Gasteiger partial charge >= 0.3 is 5.97 Å². The molecule has 16 heavy (non-hydrogen) atoms.